The summed E-state index contributed by atoms with van der Waals surface area (Å²) in [5.74, 6) is 0.445. The first-order chi connectivity index (χ1) is 13.1. The van der Waals surface area contributed by atoms with Gasteiger partial charge in [-0.25, -0.2) is 0 Å². The molecule has 0 saturated heterocycles. The summed E-state index contributed by atoms with van der Waals surface area (Å²) in [6, 6.07) is 5.24. The lowest BCUT2D eigenvalue weighted by Crippen LogP contribution is -2.27. The van der Waals surface area contributed by atoms with Crippen LogP contribution in [0.25, 0.3) is 0 Å². The number of carbonyl (C=O) groups excluding carboxylic acids is 1. The number of amides is 1. The van der Waals surface area contributed by atoms with Gasteiger partial charge in [-0.05, 0) is 30.5 Å². The third-order valence-corrected chi connectivity index (χ3v) is 5.75. The summed E-state index contributed by atoms with van der Waals surface area (Å²) >= 11 is 0. The van der Waals surface area contributed by atoms with Crippen molar-refractivity contribution >= 4 is 11.7 Å². The van der Waals surface area contributed by atoms with Gasteiger partial charge in [0, 0.05) is 12.3 Å². The zero-order valence-corrected chi connectivity index (χ0v) is 15.5. The summed E-state index contributed by atoms with van der Waals surface area (Å²) in [5, 5.41) is 16.0. The maximum absolute atomic E-state index is 12.8. The van der Waals surface area contributed by atoms with E-state index in [0.29, 0.717) is 17.1 Å². The Hall–Kier alpha value is -2.70. The van der Waals surface area contributed by atoms with E-state index in [1.54, 1.807) is 18.2 Å². The van der Waals surface area contributed by atoms with E-state index in [1.807, 2.05) is 4.68 Å². The molecule has 1 amide bonds. The lowest BCUT2D eigenvalue weighted by atomic mass is 9.87. The van der Waals surface area contributed by atoms with Crippen LogP contribution in [0.4, 0.5) is 5.82 Å². The highest BCUT2D eigenvalue weighted by molar-refractivity contribution is 5.94. The lowest BCUT2D eigenvalue weighted by molar-refractivity contribution is -0.116. The van der Waals surface area contributed by atoms with Gasteiger partial charge in [0.05, 0.1) is 18.7 Å². The fraction of sp³-hybridized carbons (Fsp3) is 0.500. The van der Waals surface area contributed by atoms with Crippen LogP contribution in [0.15, 0.2) is 23.0 Å². The van der Waals surface area contributed by atoms with Gasteiger partial charge in [-0.3, -0.25) is 19.4 Å². The Morgan fingerprint density at radius 3 is 2.56 bits per heavy atom. The number of benzene rings is 1. The van der Waals surface area contributed by atoms with E-state index in [2.05, 4.69) is 10.4 Å². The number of aromatic nitrogens is 2. The Labute approximate surface area is 157 Å². The monoisotopic (exact) mass is 371 g/mol. The fourth-order valence-electron chi connectivity index (χ4n) is 4.38. The largest absolute Gasteiger partial charge is 0.504 e. The van der Waals surface area contributed by atoms with Gasteiger partial charge in [0.25, 0.3) is 5.56 Å². The van der Waals surface area contributed by atoms with Crippen molar-refractivity contribution in [2.45, 2.75) is 56.9 Å². The molecule has 0 unspecified atom stereocenters. The summed E-state index contributed by atoms with van der Waals surface area (Å²) < 4.78 is 6.97. The molecule has 3 N–H and O–H groups in total. The number of nitrogens with zero attached hydrogens (tertiary/aromatic N) is 1. The minimum Gasteiger partial charge on any atom is -0.504 e. The van der Waals surface area contributed by atoms with E-state index >= 15 is 0 Å². The minimum atomic E-state index is -0.388. The van der Waals surface area contributed by atoms with Crippen molar-refractivity contribution in [3.63, 3.8) is 0 Å². The second kappa shape index (κ2) is 7.13. The third-order valence-electron chi connectivity index (χ3n) is 5.75. The van der Waals surface area contributed by atoms with Crippen LogP contribution < -0.4 is 15.6 Å². The first-order valence-corrected chi connectivity index (χ1v) is 9.59. The molecule has 4 rings (SSSR count). The number of aromatic hydroxyl groups is 1. The van der Waals surface area contributed by atoms with Crippen molar-refractivity contribution in [3.05, 3.63) is 39.7 Å². The summed E-state index contributed by atoms with van der Waals surface area (Å²) in [7, 11) is 1.48. The Balaban J connectivity index is 1.77. The summed E-state index contributed by atoms with van der Waals surface area (Å²) in [5.41, 5.74) is 1.13. The van der Waals surface area contributed by atoms with E-state index in [0.717, 1.165) is 31.2 Å². The molecule has 0 bridgehead atoms. The molecule has 0 radical (unpaired) electrons. The molecule has 1 atom stereocenters. The Morgan fingerprint density at radius 2 is 1.89 bits per heavy atom. The van der Waals surface area contributed by atoms with E-state index in [-0.39, 0.29) is 35.6 Å². The SMILES string of the molecule is COc1ccc([C@H]2CC(=O)Nc3c2c(=O)[nH]n3C2CCCCCC2)cc1O. The van der Waals surface area contributed by atoms with E-state index < -0.39 is 0 Å². The second-order valence-electron chi connectivity index (χ2n) is 7.45. The normalized spacial score (nSPS) is 20.6. The van der Waals surface area contributed by atoms with Crippen LogP contribution in [0.2, 0.25) is 0 Å². The quantitative estimate of drug-likeness (QED) is 0.722. The first-order valence-electron chi connectivity index (χ1n) is 9.59. The molecule has 1 aliphatic heterocycles. The second-order valence-corrected chi connectivity index (χ2v) is 7.45. The van der Waals surface area contributed by atoms with Gasteiger partial charge in [0.1, 0.15) is 5.82 Å². The van der Waals surface area contributed by atoms with Crippen molar-refractivity contribution in [3.8, 4) is 11.5 Å². The number of fused-ring (bicyclic) bond motifs is 1. The highest BCUT2D eigenvalue weighted by Crippen LogP contribution is 2.40. The van der Waals surface area contributed by atoms with Crippen LogP contribution in [0.5, 0.6) is 11.5 Å². The maximum atomic E-state index is 12.8. The molecule has 1 aromatic heterocycles. The first kappa shape index (κ1) is 17.7. The van der Waals surface area contributed by atoms with Gasteiger partial charge >= 0.3 is 0 Å². The van der Waals surface area contributed by atoms with Crippen LogP contribution in [-0.2, 0) is 4.79 Å². The number of rotatable bonds is 3. The molecule has 1 saturated carbocycles. The standard InChI is InChI=1S/C20H25N3O4/c1-27-16-9-8-12(10-15(16)24)14-11-17(25)21-19-18(14)20(26)22-23(19)13-6-4-2-3-5-7-13/h8-10,13-14,24H,2-7,11H2,1H3,(H,21,25)(H,22,26)/t14-/m1/s1. The lowest BCUT2D eigenvalue weighted by Gasteiger charge is -2.26. The zero-order valence-electron chi connectivity index (χ0n) is 15.5. The summed E-state index contributed by atoms with van der Waals surface area (Å²) in [6.45, 7) is 0. The predicted molar refractivity (Wildman–Crippen MR) is 102 cm³/mol. The van der Waals surface area contributed by atoms with Crippen molar-refractivity contribution in [1.29, 1.82) is 0 Å². The molecule has 1 aliphatic carbocycles. The molecule has 1 aromatic carbocycles. The van der Waals surface area contributed by atoms with Crippen molar-refractivity contribution in [2.75, 3.05) is 12.4 Å². The van der Waals surface area contributed by atoms with Crippen molar-refractivity contribution in [1.82, 2.24) is 9.78 Å². The molecule has 0 spiro atoms. The number of aromatic amines is 1. The van der Waals surface area contributed by atoms with Crippen LogP contribution in [-0.4, -0.2) is 27.9 Å². The smallest absolute Gasteiger partial charge is 0.270 e. The molecular formula is C20H25N3O4. The highest BCUT2D eigenvalue weighted by atomic mass is 16.5. The molecule has 7 nitrogen and oxygen atoms in total. The predicted octanol–water partition coefficient (Wildman–Crippen LogP) is 3.26. The molecule has 7 heteroatoms. The van der Waals surface area contributed by atoms with Crippen molar-refractivity contribution < 1.29 is 14.6 Å². The number of phenols is 1. The number of ether oxygens (including phenoxy) is 1. The Kier molecular flexibility index (Phi) is 4.68. The van der Waals surface area contributed by atoms with Crippen LogP contribution in [0.1, 0.15) is 68.0 Å². The number of anilines is 1. The summed E-state index contributed by atoms with van der Waals surface area (Å²) in [6.07, 6.45) is 6.86. The average molecular weight is 371 g/mol. The van der Waals surface area contributed by atoms with Gasteiger partial charge in [-0.2, -0.15) is 0 Å². The zero-order chi connectivity index (χ0) is 19.0. The number of phenolic OH excluding ortho intramolecular Hbond substituents is 1. The van der Waals surface area contributed by atoms with E-state index in [4.69, 9.17) is 4.74 Å². The molecule has 2 aliphatic rings. The molecule has 144 valence electrons. The maximum Gasteiger partial charge on any atom is 0.270 e. The van der Waals surface area contributed by atoms with Gasteiger partial charge in [-0.15, -0.1) is 0 Å². The highest BCUT2D eigenvalue weighted by Gasteiger charge is 2.34. The number of H-pyrrole nitrogens is 1. The molecule has 27 heavy (non-hydrogen) atoms. The van der Waals surface area contributed by atoms with Crippen molar-refractivity contribution in [2.24, 2.45) is 0 Å². The van der Waals surface area contributed by atoms with E-state index in [9.17, 15) is 14.7 Å². The van der Waals surface area contributed by atoms with Gasteiger partial charge in [0.2, 0.25) is 5.91 Å². The molecular weight excluding hydrogens is 346 g/mol. The number of methoxy groups -OCH3 is 1. The molecule has 2 heterocycles. The van der Waals surface area contributed by atoms with E-state index in [1.165, 1.54) is 20.0 Å². The fourth-order valence-corrected chi connectivity index (χ4v) is 4.38. The minimum absolute atomic E-state index is 0.00200. The Bertz CT molecular complexity index is 906. The Morgan fingerprint density at radius 1 is 1.15 bits per heavy atom. The van der Waals surface area contributed by atoms with Gasteiger partial charge in [-0.1, -0.05) is 31.7 Å². The number of hydrogen-bond donors (Lipinski definition) is 3. The van der Waals surface area contributed by atoms with Crippen LogP contribution in [0, 0.1) is 0 Å². The topological polar surface area (TPSA) is 96.4 Å². The van der Waals surface area contributed by atoms with Gasteiger partial charge in [0.15, 0.2) is 11.5 Å². The number of nitrogens with one attached hydrogen (secondary N) is 2. The average Bonchev–Trinajstić information content (AvgIpc) is 2.84. The summed E-state index contributed by atoms with van der Waals surface area (Å²) in [4.78, 5) is 25.2. The third kappa shape index (κ3) is 3.22. The van der Waals surface area contributed by atoms with Crippen LogP contribution >= 0.6 is 0 Å². The van der Waals surface area contributed by atoms with Crippen LogP contribution in [0.3, 0.4) is 0 Å². The molecule has 1 fully saturated rings. The number of hydrogen-bond acceptors (Lipinski definition) is 4. The number of carbonyl (C=O) groups is 1. The van der Waals surface area contributed by atoms with Gasteiger partial charge < -0.3 is 15.2 Å². The molecule has 2 aromatic rings.